The molecule has 0 aromatic heterocycles. The van der Waals surface area contributed by atoms with E-state index in [1.54, 1.807) is 7.11 Å². The summed E-state index contributed by atoms with van der Waals surface area (Å²) in [5, 5.41) is 40.5. The number of allylic oxidation sites excluding steroid dienone is 1. The molecule has 4 N–H and O–H groups in total. The molecule has 1 aromatic rings. The van der Waals surface area contributed by atoms with Gasteiger partial charge < -0.3 is 34.6 Å². The van der Waals surface area contributed by atoms with E-state index in [-0.39, 0.29) is 11.5 Å². The zero-order valence-electron chi connectivity index (χ0n) is 20.0. The number of aliphatic hydroxyl groups is 4. The van der Waals surface area contributed by atoms with Crippen molar-refractivity contribution in [2.45, 2.75) is 88.2 Å². The van der Waals surface area contributed by atoms with Gasteiger partial charge in [-0.25, -0.2) is 0 Å². The smallest absolute Gasteiger partial charge is 0.187 e. The summed E-state index contributed by atoms with van der Waals surface area (Å²) < 4.78 is 17.6. The van der Waals surface area contributed by atoms with Gasteiger partial charge in [-0.2, -0.15) is 0 Å². The standard InChI is InChI=1S/C27H38O7/c1-27-12-11-18-17-10-8-16(32-2)13-15(17)7-9-19(18)20(27)5-3-4-6-22(27)34-26-25(31)24(30)23(29)21(14-28)33-26/h3-4,8,10,13,18-26,28-31H,5-7,9,11-12,14H2,1-2H3/t18-,19-,20+,21-,22+,23-,24+,25-,26+,27+/m1/s1. The van der Waals surface area contributed by atoms with Crippen molar-refractivity contribution in [3.8, 4) is 5.75 Å². The minimum Gasteiger partial charge on any atom is -0.497 e. The molecule has 1 aliphatic heterocycles. The van der Waals surface area contributed by atoms with Crippen molar-refractivity contribution < 1.29 is 34.6 Å². The number of ether oxygens (including phenoxy) is 3. The first-order chi connectivity index (χ1) is 16.4. The third-order valence-corrected chi connectivity index (χ3v) is 9.16. The fraction of sp³-hybridized carbons (Fsp3) is 0.704. The topological polar surface area (TPSA) is 109 Å². The van der Waals surface area contributed by atoms with Gasteiger partial charge in [-0.05, 0) is 85.0 Å². The monoisotopic (exact) mass is 474 g/mol. The Morgan fingerprint density at radius 2 is 1.85 bits per heavy atom. The van der Waals surface area contributed by atoms with Crippen LogP contribution in [0.3, 0.4) is 0 Å². The van der Waals surface area contributed by atoms with E-state index in [1.165, 1.54) is 11.1 Å². The third kappa shape index (κ3) is 4.00. The highest BCUT2D eigenvalue weighted by atomic mass is 16.7. The Hall–Kier alpha value is -1.48. The minimum atomic E-state index is -1.43. The van der Waals surface area contributed by atoms with Crippen molar-refractivity contribution in [3.05, 3.63) is 41.5 Å². The Morgan fingerprint density at radius 1 is 1.06 bits per heavy atom. The molecule has 3 aliphatic carbocycles. The first kappa shape index (κ1) is 24.2. The fourth-order valence-corrected chi connectivity index (χ4v) is 7.16. The lowest BCUT2D eigenvalue weighted by atomic mass is 9.52. The summed E-state index contributed by atoms with van der Waals surface area (Å²) in [5.74, 6) is 2.41. The maximum absolute atomic E-state index is 10.6. The van der Waals surface area contributed by atoms with Gasteiger partial charge in [0.15, 0.2) is 6.29 Å². The summed E-state index contributed by atoms with van der Waals surface area (Å²) >= 11 is 0. The average Bonchev–Trinajstić information content (AvgIpc) is 3.02. The first-order valence-electron chi connectivity index (χ1n) is 12.6. The molecule has 5 rings (SSSR count). The van der Waals surface area contributed by atoms with Crippen LogP contribution in [0.5, 0.6) is 5.75 Å². The lowest BCUT2D eigenvalue weighted by Gasteiger charge is -2.54. The van der Waals surface area contributed by atoms with Gasteiger partial charge in [0.25, 0.3) is 0 Å². The van der Waals surface area contributed by atoms with Gasteiger partial charge in [-0.1, -0.05) is 25.1 Å². The molecule has 2 fully saturated rings. The maximum atomic E-state index is 10.6. The summed E-state index contributed by atoms with van der Waals surface area (Å²) in [5.41, 5.74) is 2.74. The van der Waals surface area contributed by atoms with Crippen LogP contribution in [0.15, 0.2) is 30.4 Å². The van der Waals surface area contributed by atoms with E-state index in [0.29, 0.717) is 24.2 Å². The second-order valence-corrected chi connectivity index (χ2v) is 10.8. The predicted octanol–water partition coefficient (Wildman–Crippen LogP) is 2.29. The highest BCUT2D eigenvalue weighted by Crippen LogP contribution is 2.59. The fourth-order valence-electron chi connectivity index (χ4n) is 7.16. The number of hydrogen-bond donors (Lipinski definition) is 4. The van der Waals surface area contributed by atoms with Gasteiger partial charge in [0.1, 0.15) is 30.2 Å². The van der Waals surface area contributed by atoms with Crippen LogP contribution in [0.4, 0.5) is 0 Å². The lowest BCUT2D eigenvalue weighted by Crippen LogP contribution is -2.61. The van der Waals surface area contributed by atoms with E-state index in [9.17, 15) is 20.4 Å². The number of benzene rings is 1. The van der Waals surface area contributed by atoms with E-state index in [1.807, 2.05) is 0 Å². The molecule has 7 nitrogen and oxygen atoms in total. The molecule has 1 aromatic carbocycles. The van der Waals surface area contributed by atoms with Crippen LogP contribution in [0.2, 0.25) is 0 Å². The molecule has 0 unspecified atom stereocenters. The van der Waals surface area contributed by atoms with Crippen LogP contribution in [-0.4, -0.2) is 71.0 Å². The van der Waals surface area contributed by atoms with E-state index >= 15 is 0 Å². The zero-order chi connectivity index (χ0) is 24.0. The average molecular weight is 475 g/mol. The van der Waals surface area contributed by atoms with Gasteiger partial charge in [0, 0.05) is 0 Å². The SMILES string of the molecule is COc1ccc2c(c1)CC[C@@H]1[C@@H]2CC[C@]2(C)[C@@H](O[C@@H]3O[C@H](CO)[C@@H](O)[C@H](O)[C@H]3O)CC=CC[C@@H]12. The van der Waals surface area contributed by atoms with Gasteiger partial charge >= 0.3 is 0 Å². The van der Waals surface area contributed by atoms with Gasteiger partial charge in [0.2, 0.25) is 0 Å². The largest absolute Gasteiger partial charge is 0.497 e. The molecule has 1 saturated heterocycles. The van der Waals surface area contributed by atoms with Crippen LogP contribution in [0.1, 0.15) is 56.1 Å². The van der Waals surface area contributed by atoms with Crippen LogP contribution in [0.25, 0.3) is 0 Å². The Balaban J connectivity index is 1.39. The summed E-state index contributed by atoms with van der Waals surface area (Å²) in [6.07, 6.45) is 3.93. The minimum absolute atomic E-state index is 0.118. The van der Waals surface area contributed by atoms with Crippen LogP contribution >= 0.6 is 0 Å². The predicted molar refractivity (Wildman–Crippen MR) is 125 cm³/mol. The van der Waals surface area contributed by atoms with Crippen LogP contribution in [0, 0.1) is 17.3 Å². The van der Waals surface area contributed by atoms with Crippen molar-refractivity contribution >= 4 is 0 Å². The molecule has 0 spiro atoms. The van der Waals surface area contributed by atoms with E-state index < -0.39 is 37.3 Å². The molecule has 4 aliphatic rings. The summed E-state index contributed by atoms with van der Waals surface area (Å²) in [6, 6.07) is 6.52. The van der Waals surface area contributed by atoms with Gasteiger partial charge in [-0.3, -0.25) is 0 Å². The molecule has 1 saturated carbocycles. The van der Waals surface area contributed by atoms with Gasteiger partial charge in [-0.15, -0.1) is 0 Å². The molecule has 34 heavy (non-hydrogen) atoms. The number of rotatable bonds is 4. The highest BCUT2D eigenvalue weighted by Gasteiger charge is 2.54. The molecular weight excluding hydrogens is 436 g/mol. The molecular formula is C27H38O7. The van der Waals surface area contributed by atoms with Crippen molar-refractivity contribution in [1.29, 1.82) is 0 Å². The van der Waals surface area contributed by atoms with E-state index in [0.717, 1.165) is 37.9 Å². The number of methoxy groups -OCH3 is 1. The maximum Gasteiger partial charge on any atom is 0.187 e. The van der Waals surface area contributed by atoms with Crippen molar-refractivity contribution in [3.63, 3.8) is 0 Å². The van der Waals surface area contributed by atoms with Crippen molar-refractivity contribution in [2.24, 2.45) is 17.3 Å². The summed E-state index contributed by atoms with van der Waals surface area (Å²) in [7, 11) is 1.72. The van der Waals surface area contributed by atoms with Gasteiger partial charge in [0.05, 0.1) is 19.8 Å². The summed E-state index contributed by atoms with van der Waals surface area (Å²) in [4.78, 5) is 0. The molecule has 0 radical (unpaired) electrons. The van der Waals surface area contributed by atoms with Crippen molar-refractivity contribution in [1.82, 2.24) is 0 Å². The Morgan fingerprint density at radius 3 is 2.62 bits per heavy atom. The molecule has 7 heteroatoms. The van der Waals surface area contributed by atoms with Crippen LogP contribution in [-0.2, 0) is 15.9 Å². The number of aliphatic hydroxyl groups excluding tert-OH is 4. The number of hydrogen-bond acceptors (Lipinski definition) is 7. The third-order valence-electron chi connectivity index (χ3n) is 9.16. The second kappa shape index (κ2) is 9.52. The van der Waals surface area contributed by atoms with Crippen LogP contribution < -0.4 is 4.74 Å². The Bertz CT molecular complexity index is 901. The first-order valence-corrected chi connectivity index (χ1v) is 12.6. The number of fused-ring (bicyclic) bond motifs is 5. The highest BCUT2D eigenvalue weighted by molar-refractivity contribution is 5.40. The normalized spacial score (nSPS) is 43.9. The molecule has 0 bridgehead atoms. The van der Waals surface area contributed by atoms with E-state index in [2.05, 4.69) is 37.3 Å². The molecule has 0 amide bonds. The summed E-state index contributed by atoms with van der Waals surface area (Å²) in [6.45, 7) is 1.85. The zero-order valence-corrected chi connectivity index (χ0v) is 20.0. The quantitative estimate of drug-likeness (QED) is 0.496. The van der Waals surface area contributed by atoms with E-state index in [4.69, 9.17) is 14.2 Å². The molecule has 10 atom stereocenters. The second-order valence-electron chi connectivity index (χ2n) is 10.8. The van der Waals surface area contributed by atoms with Crippen molar-refractivity contribution in [2.75, 3.05) is 13.7 Å². The number of aryl methyl sites for hydroxylation is 1. The Labute approximate surface area is 201 Å². The molecule has 1 heterocycles. The Kier molecular flexibility index (Phi) is 6.79. The lowest BCUT2D eigenvalue weighted by molar-refractivity contribution is -0.322. The molecule has 188 valence electrons.